The number of hydrogen-bond acceptors (Lipinski definition) is 4. The van der Waals surface area contributed by atoms with Crippen molar-refractivity contribution in [1.82, 2.24) is 4.98 Å². The molecule has 6 heteroatoms. The zero-order valence-electron chi connectivity index (χ0n) is 8.03. The van der Waals surface area contributed by atoms with Crippen LogP contribution in [-0.2, 0) is 4.79 Å². The standard InChI is InChI=1S/C9H10BrN3O2/c1-15-9-6(2-3-7(10)13-9)12-5-4-8(11)14/h2-5,12H,1H3,(H2,11,14)/b5-4-. The summed E-state index contributed by atoms with van der Waals surface area (Å²) in [6.45, 7) is 0. The predicted octanol–water partition coefficient (Wildman–Crippen LogP) is 1.26. The molecule has 5 nitrogen and oxygen atoms in total. The van der Waals surface area contributed by atoms with Crippen molar-refractivity contribution in [3.63, 3.8) is 0 Å². The maximum atomic E-state index is 10.4. The Morgan fingerprint density at radius 2 is 2.40 bits per heavy atom. The molecular weight excluding hydrogens is 262 g/mol. The van der Waals surface area contributed by atoms with Gasteiger partial charge in [0.2, 0.25) is 11.8 Å². The minimum atomic E-state index is -0.522. The zero-order valence-corrected chi connectivity index (χ0v) is 9.61. The maximum Gasteiger partial charge on any atom is 0.242 e. The summed E-state index contributed by atoms with van der Waals surface area (Å²) in [6.07, 6.45) is 2.64. The molecule has 1 aromatic rings. The normalized spacial score (nSPS) is 10.3. The lowest BCUT2D eigenvalue weighted by molar-refractivity contribution is -0.113. The van der Waals surface area contributed by atoms with Crippen molar-refractivity contribution in [2.75, 3.05) is 12.4 Å². The first-order valence-corrected chi connectivity index (χ1v) is 4.86. The molecule has 1 aromatic heterocycles. The van der Waals surface area contributed by atoms with Crippen molar-refractivity contribution in [2.45, 2.75) is 0 Å². The van der Waals surface area contributed by atoms with Crippen LogP contribution in [0.15, 0.2) is 29.0 Å². The molecule has 0 fully saturated rings. The second-order valence-corrected chi connectivity index (χ2v) is 3.38. The first-order chi connectivity index (χ1) is 7.13. The largest absolute Gasteiger partial charge is 0.479 e. The maximum absolute atomic E-state index is 10.4. The number of aromatic nitrogens is 1. The predicted molar refractivity (Wildman–Crippen MR) is 60.4 cm³/mol. The van der Waals surface area contributed by atoms with Gasteiger partial charge in [0.05, 0.1) is 7.11 Å². The number of pyridine rings is 1. The fourth-order valence-corrected chi connectivity index (χ4v) is 1.19. The molecule has 0 atom stereocenters. The Bertz CT molecular complexity index is 393. The Morgan fingerprint density at radius 3 is 3.00 bits per heavy atom. The van der Waals surface area contributed by atoms with Gasteiger partial charge in [0.15, 0.2) is 0 Å². The molecule has 0 aliphatic rings. The summed E-state index contributed by atoms with van der Waals surface area (Å²) in [6, 6.07) is 3.52. The van der Waals surface area contributed by atoms with E-state index in [2.05, 4.69) is 26.2 Å². The van der Waals surface area contributed by atoms with Crippen LogP contribution in [0.2, 0.25) is 0 Å². The molecule has 3 N–H and O–H groups in total. The number of primary amides is 1. The molecule has 1 heterocycles. The molecule has 0 unspecified atom stereocenters. The lowest BCUT2D eigenvalue weighted by Gasteiger charge is -2.06. The van der Waals surface area contributed by atoms with E-state index in [0.717, 1.165) is 0 Å². The van der Waals surface area contributed by atoms with E-state index < -0.39 is 5.91 Å². The third-order valence-electron chi connectivity index (χ3n) is 1.51. The summed E-state index contributed by atoms with van der Waals surface area (Å²) in [5.74, 6) is -0.0926. The lowest BCUT2D eigenvalue weighted by Crippen LogP contribution is -2.06. The van der Waals surface area contributed by atoms with E-state index >= 15 is 0 Å². The Hall–Kier alpha value is -1.56. The van der Waals surface area contributed by atoms with E-state index in [1.165, 1.54) is 19.4 Å². The molecule has 0 aliphatic heterocycles. The Balaban J connectivity index is 2.80. The van der Waals surface area contributed by atoms with Crippen LogP contribution in [0.3, 0.4) is 0 Å². The van der Waals surface area contributed by atoms with E-state index in [4.69, 9.17) is 10.5 Å². The number of halogens is 1. The first kappa shape index (κ1) is 11.5. The summed E-state index contributed by atoms with van der Waals surface area (Å²) >= 11 is 3.22. The fraction of sp³-hybridized carbons (Fsp3) is 0.111. The van der Waals surface area contributed by atoms with Crippen LogP contribution in [0.1, 0.15) is 0 Å². The molecule has 0 radical (unpaired) electrons. The van der Waals surface area contributed by atoms with Crippen LogP contribution in [0.4, 0.5) is 5.69 Å². The van der Waals surface area contributed by atoms with E-state index in [1.54, 1.807) is 12.1 Å². The van der Waals surface area contributed by atoms with E-state index in [9.17, 15) is 4.79 Å². The Kier molecular flexibility index (Phi) is 4.11. The smallest absolute Gasteiger partial charge is 0.242 e. The lowest BCUT2D eigenvalue weighted by atomic mass is 10.4. The molecule has 0 spiro atoms. The van der Waals surface area contributed by atoms with Crippen LogP contribution in [0.25, 0.3) is 0 Å². The number of anilines is 1. The highest BCUT2D eigenvalue weighted by molar-refractivity contribution is 9.10. The molecule has 1 rings (SSSR count). The van der Waals surface area contributed by atoms with Gasteiger partial charge in [-0.25, -0.2) is 4.98 Å². The third kappa shape index (κ3) is 3.59. The number of methoxy groups -OCH3 is 1. The fourth-order valence-electron chi connectivity index (χ4n) is 0.897. The van der Waals surface area contributed by atoms with Crippen molar-refractivity contribution >= 4 is 27.5 Å². The monoisotopic (exact) mass is 271 g/mol. The average Bonchev–Trinajstić information content (AvgIpc) is 2.19. The van der Waals surface area contributed by atoms with Gasteiger partial charge in [0.1, 0.15) is 10.3 Å². The van der Waals surface area contributed by atoms with E-state index in [1.807, 2.05) is 0 Å². The number of nitrogens with two attached hydrogens (primary N) is 1. The number of amides is 1. The summed E-state index contributed by atoms with van der Waals surface area (Å²) in [7, 11) is 1.51. The van der Waals surface area contributed by atoms with Gasteiger partial charge < -0.3 is 15.8 Å². The summed E-state index contributed by atoms with van der Waals surface area (Å²) < 4.78 is 5.70. The minimum Gasteiger partial charge on any atom is -0.479 e. The highest BCUT2D eigenvalue weighted by atomic mass is 79.9. The molecule has 0 saturated heterocycles. The second-order valence-electron chi connectivity index (χ2n) is 2.57. The quantitative estimate of drug-likeness (QED) is 0.639. The van der Waals surface area contributed by atoms with Crippen molar-refractivity contribution in [2.24, 2.45) is 5.73 Å². The van der Waals surface area contributed by atoms with Gasteiger partial charge in [-0.3, -0.25) is 4.79 Å². The van der Waals surface area contributed by atoms with Gasteiger partial charge in [0.25, 0.3) is 0 Å². The summed E-state index contributed by atoms with van der Waals surface area (Å²) in [5.41, 5.74) is 5.58. The first-order valence-electron chi connectivity index (χ1n) is 4.06. The number of ether oxygens (including phenoxy) is 1. The van der Waals surface area contributed by atoms with Crippen LogP contribution in [-0.4, -0.2) is 18.0 Å². The van der Waals surface area contributed by atoms with Crippen molar-refractivity contribution in [1.29, 1.82) is 0 Å². The number of nitrogens with zero attached hydrogens (tertiary/aromatic N) is 1. The Morgan fingerprint density at radius 1 is 1.67 bits per heavy atom. The van der Waals surface area contributed by atoms with Crippen LogP contribution >= 0.6 is 15.9 Å². The summed E-state index contributed by atoms with van der Waals surface area (Å²) in [5, 5.41) is 2.83. The van der Waals surface area contributed by atoms with Gasteiger partial charge in [-0.1, -0.05) is 0 Å². The van der Waals surface area contributed by atoms with Gasteiger partial charge in [0, 0.05) is 12.3 Å². The van der Waals surface area contributed by atoms with Crippen LogP contribution < -0.4 is 15.8 Å². The zero-order chi connectivity index (χ0) is 11.3. The highest BCUT2D eigenvalue weighted by Gasteiger charge is 2.02. The molecule has 80 valence electrons. The molecule has 0 aromatic carbocycles. The van der Waals surface area contributed by atoms with Crippen LogP contribution in [0, 0.1) is 0 Å². The Labute approximate surface area is 95.5 Å². The second kappa shape index (κ2) is 5.35. The topological polar surface area (TPSA) is 77.2 Å². The van der Waals surface area contributed by atoms with Gasteiger partial charge >= 0.3 is 0 Å². The molecule has 15 heavy (non-hydrogen) atoms. The van der Waals surface area contributed by atoms with Gasteiger partial charge in [-0.2, -0.15) is 0 Å². The van der Waals surface area contributed by atoms with Crippen molar-refractivity contribution < 1.29 is 9.53 Å². The number of hydrogen-bond donors (Lipinski definition) is 2. The number of nitrogens with one attached hydrogen (secondary N) is 1. The SMILES string of the molecule is COc1nc(Br)ccc1N/C=C\C(N)=O. The van der Waals surface area contributed by atoms with Crippen molar-refractivity contribution in [3.05, 3.63) is 29.0 Å². The highest BCUT2D eigenvalue weighted by Crippen LogP contribution is 2.23. The molecule has 0 aliphatic carbocycles. The molecule has 0 saturated carbocycles. The number of rotatable bonds is 4. The number of carbonyl (C=O) groups is 1. The third-order valence-corrected chi connectivity index (χ3v) is 1.95. The molecule has 0 bridgehead atoms. The van der Waals surface area contributed by atoms with Crippen LogP contribution in [0.5, 0.6) is 5.88 Å². The van der Waals surface area contributed by atoms with Gasteiger partial charge in [-0.05, 0) is 28.1 Å². The average molecular weight is 272 g/mol. The van der Waals surface area contributed by atoms with Crippen molar-refractivity contribution in [3.8, 4) is 5.88 Å². The van der Waals surface area contributed by atoms with Gasteiger partial charge in [-0.15, -0.1) is 0 Å². The number of carbonyl (C=O) groups excluding carboxylic acids is 1. The minimum absolute atomic E-state index is 0.429. The molecular formula is C9H10BrN3O2. The van der Waals surface area contributed by atoms with E-state index in [0.29, 0.717) is 16.2 Å². The van der Waals surface area contributed by atoms with E-state index in [-0.39, 0.29) is 0 Å². The molecule has 1 amide bonds. The summed E-state index contributed by atoms with van der Waals surface area (Å²) in [4.78, 5) is 14.5.